The molecule has 0 radical (unpaired) electrons. The topological polar surface area (TPSA) is 26.0 Å². The van der Waals surface area contributed by atoms with Gasteiger partial charge in [-0.05, 0) is 131 Å². The Morgan fingerprint density at radius 2 is 0.615 bits per heavy atom. The number of hydrogen-bond acceptors (Lipinski definition) is 1. The van der Waals surface area contributed by atoms with Gasteiger partial charge in [-0.3, -0.25) is 0 Å². The summed E-state index contributed by atoms with van der Waals surface area (Å²) in [6, 6.07) is 0.519. The van der Waals surface area contributed by atoms with Gasteiger partial charge in [-0.2, -0.15) is 0 Å². The minimum atomic E-state index is 0.519. The summed E-state index contributed by atoms with van der Waals surface area (Å²) >= 11 is 0. The molecule has 150 valence electrons. The number of hydrogen-bond donors (Lipinski definition) is 1. The maximum Gasteiger partial charge on any atom is 0.00390 e. The van der Waals surface area contributed by atoms with Crippen molar-refractivity contribution in [3.05, 3.63) is 0 Å². The summed E-state index contributed by atoms with van der Waals surface area (Å²) in [6.45, 7) is 2.46. The molecule has 0 atom stereocenters. The Labute approximate surface area is 163 Å². The van der Waals surface area contributed by atoms with Crippen LogP contribution in [-0.4, -0.2) is 6.04 Å². The van der Waals surface area contributed by atoms with Crippen molar-refractivity contribution in [3.8, 4) is 0 Å². The van der Waals surface area contributed by atoms with E-state index in [0.717, 1.165) is 41.4 Å². The quantitative estimate of drug-likeness (QED) is 0.580. The van der Waals surface area contributed by atoms with Crippen LogP contribution in [0, 0.1) is 41.4 Å². The Bertz CT molecular complexity index is 360. The first-order valence-corrected chi connectivity index (χ1v) is 12.4. The highest BCUT2D eigenvalue weighted by Crippen LogP contribution is 2.47. The lowest BCUT2D eigenvalue weighted by atomic mass is 9.63. The van der Waals surface area contributed by atoms with Crippen molar-refractivity contribution in [2.24, 2.45) is 47.2 Å². The lowest BCUT2D eigenvalue weighted by molar-refractivity contribution is 0.0897. The molecule has 0 amide bonds. The molecule has 4 aliphatic rings. The Morgan fingerprint density at radius 3 is 0.923 bits per heavy atom. The maximum absolute atomic E-state index is 6.12. The average Bonchev–Trinajstić information content (AvgIpc) is 2.70. The molecule has 0 saturated heterocycles. The van der Waals surface area contributed by atoms with Crippen LogP contribution in [0.15, 0.2) is 0 Å². The molecule has 0 spiro atoms. The first kappa shape index (κ1) is 19.3. The Balaban J connectivity index is 1.18. The highest BCUT2D eigenvalue weighted by Gasteiger charge is 2.36. The van der Waals surface area contributed by atoms with Gasteiger partial charge in [0.15, 0.2) is 0 Å². The third-order valence-electron chi connectivity index (χ3n) is 9.51. The molecule has 4 rings (SSSR count). The van der Waals surface area contributed by atoms with Crippen molar-refractivity contribution in [1.29, 1.82) is 0 Å². The monoisotopic (exact) mass is 359 g/mol. The Morgan fingerprint density at radius 1 is 0.385 bits per heavy atom. The molecule has 0 heterocycles. The van der Waals surface area contributed by atoms with Gasteiger partial charge in [0, 0.05) is 6.04 Å². The molecular weight excluding hydrogens is 314 g/mol. The summed E-state index contributed by atoms with van der Waals surface area (Å²) in [5.74, 6) is 7.47. The van der Waals surface area contributed by atoms with Gasteiger partial charge in [-0.15, -0.1) is 0 Å². The van der Waals surface area contributed by atoms with E-state index in [9.17, 15) is 0 Å². The van der Waals surface area contributed by atoms with E-state index in [0.29, 0.717) is 6.04 Å². The summed E-state index contributed by atoms with van der Waals surface area (Å²) in [5.41, 5.74) is 6.12. The zero-order chi connectivity index (χ0) is 17.9. The first-order valence-electron chi connectivity index (χ1n) is 12.4. The normalized spacial score (nSPS) is 48.2. The molecule has 0 aromatic rings. The van der Waals surface area contributed by atoms with Gasteiger partial charge in [0.25, 0.3) is 0 Å². The van der Waals surface area contributed by atoms with Gasteiger partial charge in [0.1, 0.15) is 0 Å². The summed E-state index contributed by atoms with van der Waals surface area (Å²) < 4.78 is 0. The largest absolute Gasteiger partial charge is 0.328 e. The summed E-state index contributed by atoms with van der Waals surface area (Å²) in [5, 5.41) is 0. The van der Waals surface area contributed by atoms with Gasteiger partial charge in [-0.25, -0.2) is 0 Å². The molecule has 4 fully saturated rings. The summed E-state index contributed by atoms with van der Waals surface area (Å²) in [7, 11) is 0. The van der Waals surface area contributed by atoms with Crippen LogP contribution in [0.25, 0.3) is 0 Å². The fraction of sp³-hybridized carbons (Fsp3) is 1.00. The maximum atomic E-state index is 6.12. The molecule has 2 N–H and O–H groups in total. The van der Waals surface area contributed by atoms with E-state index in [4.69, 9.17) is 5.73 Å². The average molecular weight is 360 g/mol. The van der Waals surface area contributed by atoms with Crippen LogP contribution >= 0.6 is 0 Å². The zero-order valence-corrected chi connectivity index (χ0v) is 17.5. The van der Waals surface area contributed by atoms with Crippen LogP contribution in [0.1, 0.15) is 110 Å². The number of nitrogens with two attached hydrogens (primary N) is 1. The van der Waals surface area contributed by atoms with Crippen LogP contribution in [0.3, 0.4) is 0 Å². The Kier molecular flexibility index (Phi) is 6.66. The zero-order valence-electron chi connectivity index (χ0n) is 17.5. The highest BCUT2D eigenvalue weighted by molar-refractivity contribution is 4.87. The lowest BCUT2D eigenvalue weighted by Crippen LogP contribution is -2.33. The van der Waals surface area contributed by atoms with E-state index >= 15 is 0 Å². The summed E-state index contributed by atoms with van der Waals surface area (Å²) in [4.78, 5) is 0. The summed E-state index contributed by atoms with van der Waals surface area (Å²) in [6.07, 6.45) is 24.1. The third kappa shape index (κ3) is 4.68. The molecule has 1 heteroatoms. The van der Waals surface area contributed by atoms with E-state index in [2.05, 4.69) is 6.92 Å². The van der Waals surface area contributed by atoms with E-state index in [1.807, 2.05) is 0 Å². The molecule has 26 heavy (non-hydrogen) atoms. The van der Waals surface area contributed by atoms with Crippen molar-refractivity contribution in [3.63, 3.8) is 0 Å². The second-order valence-electron chi connectivity index (χ2n) is 11.0. The Hall–Kier alpha value is -0.0400. The third-order valence-corrected chi connectivity index (χ3v) is 9.51. The molecule has 0 aliphatic heterocycles. The highest BCUT2D eigenvalue weighted by atomic mass is 14.6. The van der Waals surface area contributed by atoms with Crippen LogP contribution in [0.2, 0.25) is 0 Å². The van der Waals surface area contributed by atoms with Crippen molar-refractivity contribution in [1.82, 2.24) is 0 Å². The second-order valence-corrected chi connectivity index (χ2v) is 11.0. The first-order chi connectivity index (χ1) is 12.7. The molecule has 4 aliphatic carbocycles. The fourth-order valence-corrected chi connectivity index (χ4v) is 7.55. The predicted molar refractivity (Wildman–Crippen MR) is 112 cm³/mol. The van der Waals surface area contributed by atoms with Crippen molar-refractivity contribution >= 4 is 0 Å². The number of rotatable bonds is 3. The van der Waals surface area contributed by atoms with Gasteiger partial charge < -0.3 is 5.73 Å². The van der Waals surface area contributed by atoms with Crippen molar-refractivity contribution in [2.45, 2.75) is 116 Å². The molecule has 1 nitrogen and oxygen atoms in total. The van der Waals surface area contributed by atoms with Gasteiger partial charge in [0.05, 0.1) is 0 Å². The molecule has 0 bridgehead atoms. The predicted octanol–water partition coefficient (Wildman–Crippen LogP) is 6.94. The smallest absolute Gasteiger partial charge is 0.00390 e. The van der Waals surface area contributed by atoms with E-state index in [1.165, 1.54) is 38.5 Å². The van der Waals surface area contributed by atoms with Crippen LogP contribution in [0.5, 0.6) is 0 Å². The molecular formula is C25H45N. The SMILES string of the molecule is CC1CCC(C2CCC(C3CCC(C4CCC(N)CC4)CC3)CC2)CC1. The van der Waals surface area contributed by atoms with E-state index in [1.54, 1.807) is 64.2 Å². The molecule has 0 aromatic heterocycles. The van der Waals surface area contributed by atoms with Gasteiger partial charge in [-0.1, -0.05) is 19.8 Å². The van der Waals surface area contributed by atoms with Crippen molar-refractivity contribution in [2.75, 3.05) is 0 Å². The van der Waals surface area contributed by atoms with Crippen LogP contribution < -0.4 is 5.73 Å². The molecule has 4 saturated carbocycles. The van der Waals surface area contributed by atoms with Crippen LogP contribution in [-0.2, 0) is 0 Å². The fourth-order valence-electron chi connectivity index (χ4n) is 7.55. The molecule has 0 aromatic carbocycles. The minimum absolute atomic E-state index is 0.519. The second kappa shape index (κ2) is 8.97. The van der Waals surface area contributed by atoms with Gasteiger partial charge >= 0.3 is 0 Å². The molecule has 0 unspecified atom stereocenters. The van der Waals surface area contributed by atoms with E-state index < -0.39 is 0 Å². The lowest BCUT2D eigenvalue weighted by Gasteiger charge is -2.42. The van der Waals surface area contributed by atoms with Crippen LogP contribution in [0.4, 0.5) is 0 Å². The minimum Gasteiger partial charge on any atom is -0.328 e. The van der Waals surface area contributed by atoms with E-state index in [-0.39, 0.29) is 0 Å². The van der Waals surface area contributed by atoms with Gasteiger partial charge in [0.2, 0.25) is 0 Å². The van der Waals surface area contributed by atoms with Crippen molar-refractivity contribution < 1.29 is 0 Å². The standard InChI is InChI=1S/C25H45N/c1-18-2-4-19(5-3-18)20-6-8-21(9-7-20)22-10-12-23(13-11-22)24-14-16-25(26)17-15-24/h18-25H,2-17,26H2,1H3.